The third kappa shape index (κ3) is 2.16. The van der Waals surface area contributed by atoms with Crippen molar-refractivity contribution in [2.45, 2.75) is 6.92 Å². The van der Waals surface area contributed by atoms with Gasteiger partial charge in [-0.15, -0.1) is 0 Å². The Labute approximate surface area is 121 Å². The van der Waals surface area contributed by atoms with E-state index in [1.165, 1.54) is 0 Å². The summed E-state index contributed by atoms with van der Waals surface area (Å²) in [5.41, 5.74) is 3.98. The van der Waals surface area contributed by atoms with Gasteiger partial charge in [0, 0.05) is 17.5 Å². The van der Waals surface area contributed by atoms with E-state index in [-0.39, 0.29) is 17.0 Å². The van der Waals surface area contributed by atoms with Crippen molar-refractivity contribution in [1.82, 2.24) is 9.38 Å². The Hall–Kier alpha value is -1.32. The van der Waals surface area contributed by atoms with E-state index in [0.29, 0.717) is 0 Å². The van der Waals surface area contributed by atoms with Crippen LogP contribution in [0, 0.1) is 6.92 Å². The Morgan fingerprint density at radius 1 is 1.06 bits per heavy atom. The molecule has 0 atom stereocenters. The highest BCUT2D eigenvalue weighted by molar-refractivity contribution is 6.33. The summed E-state index contributed by atoms with van der Waals surface area (Å²) in [5, 5.41) is 0.730. The second-order valence-corrected chi connectivity index (χ2v) is 4.41. The molecule has 0 aliphatic heterocycles. The third-order valence-corrected chi connectivity index (χ3v) is 3.18. The first-order valence-electron chi connectivity index (χ1n) is 5.45. The molecule has 0 aliphatic rings. The molecule has 0 bridgehead atoms. The lowest BCUT2D eigenvalue weighted by Crippen LogP contribution is -3.00. The fraction of sp³-hybridized carbons (Fsp3) is 0.0714. The van der Waals surface area contributed by atoms with Crippen LogP contribution in [0.5, 0.6) is 0 Å². The average molecular weight is 323 g/mol. The molecule has 0 fully saturated rings. The summed E-state index contributed by atoms with van der Waals surface area (Å²) in [5.74, 6) is 0. The lowest BCUT2D eigenvalue weighted by atomic mass is 10.2. The summed E-state index contributed by atoms with van der Waals surface area (Å²) in [7, 11) is 0. The van der Waals surface area contributed by atoms with Crippen LogP contribution >= 0.6 is 11.6 Å². The van der Waals surface area contributed by atoms with Crippen LogP contribution < -0.4 is 17.0 Å². The molecule has 0 unspecified atom stereocenters. The summed E-state index contributed by atoms with van der Waals surface area (Å²) in [6.45, 7) is 2.06. The second-order valence-electron chi connectivity index (χ2n) is 4.00. The smallest absolute Gasteiger partial charge is 0.137 e. The van der Waals surface area contributed by atoms with Gasteiger partial charge >= 0.3 is 0 Å². The molecule has 2 heterocycles. The van der Waals surface area contributed by atoms with Crippen LogP contribution in [0.4, 0.5) is 0 Å². The Morgan fingerprint density at radius 2 is 1.83 bits per heavy atom. The number of hydrogen-bond acceptors (Lipinski definition) is 1. The fourth-order valence-corrected chi connectivity index (χ4v) is 2.18. The Bertz CT molecular complexity index is 691. The van der Waals surface area contributed by atoms with E-state index in [9.17, 15) is 0 Å². The van der Waals surface area contributed by atoms with Crippen LogP contribution in [0.3, 0.4) is 0 Å². The van der Waals surface area contributed by atoms with Gasteiger partial charge in [0.2, 0.25) is 0 Å². The standard InChI is InChI=1S/C14H11ClN2.BrH/c1-10-5-4-8-14-16-13(9-17(10)14)11-6-2-3-7-12(11)15;/h2-9H,1H3;1H/p-1. The first-order chi connectivity index (χ1) is 8.25. The van der Waals surface area contributed by atoms with Crippen molar-refractivity contribution >= 4 is 17.2 Å². The van der Waals surface area contributed by atoms with E-state index < -0.39 is 0 Å². The summed E-state index contributed by atoms with van der Waals surface area (Å²) < 4.78 is 2.07. The molecule has 0 aliphatic carbocycles. The largest absolute Gasteiger partial charge is 1.00 e. The number of pyridine rings is 1. The topological polar surface area (TPSA) is 17.3 Å². The zero-order chi connectivity index (χ0) is 11.8. The van der Waals surface area contributed by atoms with Crippen molar-refractivity contribution in [3.05, 3.63) is 59.4 Å². The lowest BCUT2D eigenvalue weighted by Gasteiger charge is -1.98. The summed E-state index contributed by atoms with van der Waals surface area (Å²) in [6.07, 6.45) is 2.02. The minimum atomic E-state index is 0. The van der Waals surface area contributed by atoms with Crippen molar-refractivity contribution in [3.8, 4) is 11.3 Å². The normalized spacial score (nSPS) is 10.3. The molecule has 2 nitrogen and oxygen atoms in total. The predicted octanol–water partition coefficient (Wildman–Crippen LogP) is 0.967. The highest BCUT2D eigenvalue weighted by Crippen LogP contribution is 2.27. The molecule has 4 heteroatoms. The van der Waals surface area contributed by atoms with Crippen molar-refractivity contribution in [1.29, 1.82) is 0 Å². The maximum Gasteiger partial charge on any atom is 0.137 e. The van der Waals surface area contributed by atoms with Crippen LogP contribution in [0.25, 0.3) is 16.9 Å². The quantitative estimate of drug-likeness (QED) is 0.652. The summed E-state index contributed by atoms with van der Waals surface area (Å²) >= 11 is 6.18. The van der Waals surface area contributed by atoms with E-state index in [1.807, 2.05) is 42.6 Å². The zero-order valence-electron chi connectivity index (χ0n) is 9.77. The van der Waals surface area contributed by atoms with Gasteiger partial charge in [0.25, 0.3) is 0 Å². The molecule has 0 N–H and O–H groups in total. The molecule has 18 heavy (non-hydrogen) atoms. The summed E-state index contributed by atoms with van der Waals surface area (Å²) in [4.78, 5) is 4.58. The molecule has 0 radical (unpaired) electrons. The number of imidazole rings is 1. The minimum Gasteiger partial charge on any atom is -1.00 e. The van der Waals surface area contributed by atoms with E-state index in [1.54, 1.807) is 0 Å². The van der Waals surface area contributed by atoms with Crippen molar-refractivity contribution < 1.29 is 17.0 Å². The Kier molecular flexibility index (Phi) is 3.73. The predicted molar refractivity (Wildman–Crippen MR) is 70.4 cm³/mol. The average Bonchev–Trinajstić information content (AvgIpc) is 2.75. The lowest BCUT2D eigenvalue weighted by molar-refractivity contribution is -0.00000345. The van der Waals surface area contributed by atoms with E-state index in [0.717, 1.165) is 27.6 Å². The molecule has 0 saturated heterocycles. The molecule has 0 amide bonds. The van der Waals surface area contributed by atoms with Crippen molar-refractivity contribution in [3.63, 3.8) is 0 Å². The van der Waals surface area contributed by atoms with Gasteiger partial charge in [0.1, 0.15) is 5.65 Å². The van der Waals surface area contributed by atoms with Gasteiger partial charge in [0.05, 0.1) is 10.7 Å². The molecule has 0 spiro atoms. The van der Waals surface area contributed by atoms with Crippen LogP contribution in [0.2, 0.25) is 5.02 Å². The highest BCUT2D eigenvalue weighted by Gasteiger charge is 2.07. The van der Waals surface area contributed by atoms with Gasteiger partial charge in [-0.05, 0) is 25.1 Å². The SMILES string of the molecule is Cc1cccc2nc(-c3ccccc3Cl)cn12.[Br-]. The number of nitrogens with zero attached hydrogens (tertiary/aromatic N) is 2. The zero-order valence-corrected chi connectivity index (χ0v) is 12.1. The minimum absolute atomic E-state index is 0. The second kappa shape index (κ2) is 5.12. The molecule has 3 rings (SSSR count). The van der Waals surface area contributed by atoms with Crippen LogP contribution in [-0.4, -0.2) is 9.38 Å². The number of rotatable bonds is 1. The number of aromatic nitrogens is 2. The summed E-state index contributed by atoms with van der Waals surface area (Å²) in [6, 6.07) is 13.8. The Morgan fingerprint density at radius 3 is 2.56 bits per heavy atom. The van der Waals surface area contributed by atoms with Gasteiger partial charge in [-0.2, -0.15) is 0 Å². The number of aryl methyl sites for hydroxylation is 1. The first kappa shape index (κ1) is 13.1. The number of fused-ring (bicyclic) bond motifs is 1. The Balaban J connectivity index is 0.00000120. The molecular formula is C14H11BrClN2-. The van der Waals surface area contributed by atoms with Gasteiger partial charge < -0.3 is 21.4 Å². The van der Waals surface area contributed by atoms with E-state index in [4.69, 9.17) is 11.6 Å². The number of hydrogen-bond donors (Lipinski definition) is 0. The van der Waals surface area contributed by atoms with Gasteiger partial charge in [0.15, 0.2) is 0 Å². The maximum absolute atomic E-state index is 6.18. The third-order valence-electron chi connectivity index (χ3n) is 2.85. The molecule has 2 aromatic heterocycles. The fourth-order valence-electron chi connectivity index (χ4n) is 1.95. The van der Waals surface area contributed by atoms with Crippen LogP contribution in [0.15, 0.2) is 48.7 Å². The maximum atomic E-state index is 6.18. The van der Waals surface area contributed by atoms with Crippen LogP contribution in [-0.2, 0) is 0 Å². The van der Waals surface area contributed by atoms with Crippen molar-refractivity contribution in [2.24, 2.45) is 0 Å². The number of benzene rings is 1. The van der Waals surface area contributed by atoms with Gasteiger partial charge in [-0.3, -0.25) is 0 Å². The van der Waals surface area contributed by atoms with E-state index >= 15 is 0 Å². The molecular weight excluding hydrogens is 312 g/mol. The molecule has 3 aromatic rings. The molecule has 0 saturated carbocycles. The molecule has 1 aromatic carbocycles. The van der Waals surface area contributed by atoms with Crippen LogP contribution in [0.1, 0.15) is 5.69 Å². The van der Waals surface area contributed by atoms with Gasteiger partial charge in [-0.1, -0.05) is 35.9 Å². The highest BCUT2D eigenvalue weighted by atomic mass is 79.9. The monoisotopic (exact) mass is 321 g/mol. The van der Waals surface area contributed by atoms with Crippen molar-refractivity contribution in [2.75, 3.05) is 0 Å². The number of halogens is 2. The van der Waals surface area contributed by atoms with Gasteiger partial charge in [-0.25, -0.2) is 4.98 Å². The van der Waals surface area contributed by atoms with E-state index in [2.05, 4.69) is 22.4 Å². The molecule has 92 valence electrons. The first-order valence-corrected chi connectivity index (χ1v) is 5.83.